The smallest absolute Gasteiger partial charge is 0.170 e. The number of halogens is 1. The summed E-state index contributed by atoms with van der Waals surface area (Å²) in [6.07, 6.45) is 5.29. The highest BCUT2D eigenvalue weighted by Gasteiger charge is 2.22. The molecule has 0 spiro atoms. The summed E-state index contributed by atoms with van der Waals surface area (Å²) in [6.45, 7) is 2.43. The predicted octanol–water partition coefficient (Wildman–Crippen LogP) is 2.42. The Morgan fingerprint density at radius 3 is 3.11 bits per heavy atom. The molecular weight excluding hydrogens is 261 g/mol. The van der Waals surface area contributed by atoms with Gasteiger partial charge in [-0.15, -0.1) is 0 Å². The standard InChI is InChI=1S/C14H20FN3S/c15-13-11(10-17-12-2-3-12)4-5-16-14(13)18-6-1-8-19-9-7-18/h4-5,12,17H,1-3,6-10H2. The van der Waals surface area contributed by atoms with Crippen LogP contribution in [0.4, 0.5) is 10.2 Å². The second kappa shape index (κ2) is 6.09. The zero-order valence-electron chi connectivity index (χ0n) is 11.1. The van der Waals surface area contributed by atoms with E-state index < -0.39 is 0 Å². The van der Waals surface area contributed by atoms with Gasteiger partial charge in [-0.2, -0.15) is 11.8 Å². The molecule has 104 valence electrons. The Hall–Kier alpha value is -0.810. The molecule has 19 heavy (non-hydrogen) atoms. The Balaban J connectivity index is 1.73. The summed E-state index contributed by atoms with van der Waals surface area (Å²) in [4.78, 5) is 6.35. The second-order valence-corrected chi connectivity index (χ2v) is 6.44. The van der Waals surface area contributed by atoms with Crippen molar-refractivity contribution in [2.45, 2.75) is 31.8 Å². The fourth-order valence-corrected chi connectivity index (χ4v) is 3.21. The highest BCUT2D eigenvalue weighted by molar-refractivity contribution is 7.99. The number of anilines is 1. The van der Waals surface area contributed by atoms with Crippen molar-refractivity contribution in [1.29, 1.82) is 0 Å². The zero-order chi connectivity index (χ0) is 13.1. The molecule has 1 N–H and O–H groups in total. The molecule has 1 aromatic rings. The van der Waals surface area contributed by atoms with E-state index in [-0.39, 0.29) is 5.82 Å². The van der Waals surface area contributed by atoms with Crippen LogP contribution in [0.5, 0.6) is 0 Å². The molecule has 1 saturated heterocycles. The van der Waals surface area contributed by atoms with Crippen molar-refractivity contribution in [2.75, 3.05) is 29.5 Å². The summed E-state index contributed by atoms with van der Waals surface area (Å²) < 4.78 is 14.5. The Bertz CT molecular complexity index is 429. The number of hydrogen-bond donors (Lipinski definition) is 1. The molecule has 0 amide bonds. The van der Waals surface area contributed by atoms with Gasteiger partial charge in [-0.25, -0.2) is 9.37 Å². The molecule has 1 aliphatic carbocycles. The summed E-state index contributed by atoms with van der Waals surface area (Å²) in [6, 6.07) is 2.39. The average Bonchev–Trinajstić information content (AvgIpc) is 3.25. The van der Waals surface area contributed by atoms with Crippen molar-refractivity contribution in [3.8, 4) is 0 Å². The summed E-state index contributed by atoms with van der Waals surface area (Å²) in [5.74, 6) is 2.63. The molecule has 0 unspecified atom stereocenters. The first kappa shape index (κ1) is 13.2. The molecule has 2 aliphatic rings. The van der Waals surface area contributed by atoms with Gasteiger partial charge in [-0.05, 0) is 31.1 Å². The van der Waals surface area contributed by atoms with Crippen LogP contribution in [0, 0.1) is 5.82 Å². The maximum Gasteiger partial charge on any atom is 0.170 e. The van der Waals surface area contributed by atoms with Crippen molar-refractivity contribution >= 4 is 17.6 Å². The van der Waals surface area contributed by atoms with Crippen LogP contribution in [0.2, 0.25) is 0 Å². The number of aromatic nitrogens is 1. The lowest BCUT2D eigenvalue weighted by Gasteiger charge is -2.22. The maximum absolute atomic E-state index is 14.5. The normalized spacial score (nSPS) is 20.4. The molecule has 0 bridgehead atoms. The Morgan fingerprint density at radius 2 is 2.26 bits per heavy atom. The van der Waals surface area contributed by atoms with E-state index in [2.05, 4.69) is 15.2 Å². The summed E-state index contributed by atoms with van der Waals surface area (Å²) >= 11 is 1.94. The molecule has 1 aliphatic heterocycles. The lowest BCUT2D eigenvalue weighted by Crippen LogP contribution is -2.28. The number of nitrogens with zero attached hydrogens (tertiary/aromatic N) is 2. The molecule has 3 nitrogen and oxygen atoms in total. The van der Waals surface area contributed by atoms with Crippen LogP contribution in [0.25, 0.3) is 0 Å². The van der Waals surface area contributed by atoms with Crippen LogP contribution in [-0.2, 0) is 6.54 Å². The Kier molecular flexibility index (Phi) is 4.23. The highest BCUT2D eigenvalue weighted by Crippen LogP contribution is 2.24. The summed E-state index contributed by atoms with van der Waals surface area (Å²) in [7, 11) is 0. The molecule has 0 radical (unpaired) electrons. The summed E-state index contributed by atoms with van der Waals surface area (Å²) in [5.41, 5.74) is 0.744. The highest BCUT2D eigenvalue weighted by atomic mass is 32.2. The minimum atomic E-state index is -0.137. The average molecular weight is 281 g/mol. The second-order valence-electron chi connectivity index (χ2n) is 5.22. The van der Waals surface area contributed by atoms with Gasteiger partial charge < -0.3 is 10.2 Å². The minimum Gasteiger partial charge on any atom is -0.353 e. The minimum absolute atomic E-state index is 0.137. The van der Waals surface area contributed by atoms with E-state index in [0.717, 1.165) is 30.8 Å². The first-order valence-electron chi connectivity index (χ1n) is 7.04. The number of rotatable bonds is 4. The predicted molar refractivity (Wildman–Crippen MR) is 78.2 cm³/mol. The lowest BCUT2D eigenvalue weighted by molar-refractivity contribution is 0.575. The van der Waals surface area contributed by atoms with E-state index in [1.54, 1.807) is 12.3 Å². The van der Waals surface area contributed by atoms with Gasteiger partial charge >= 0.3 is 0 Å². The van der Waals surface area contributed by atoms with Gasteiger partial charge in [0.2, 0.25) is 0 Å². The number of thioether (sulfide) groups is 1. The van der Waals surface area contributed by atoms with E-state index >= 15 is 0 Å². The first-order valence-corrected chi connectivity index (χ1v) is 8.19. The van der Waals surface area contributed by atoms with Crippen LogP contribution in [-0.4, -0.2) is 35.6 Å². The van der Waals surface area contributed by atoms with Gasteiger partial charge in [-0.1, -0.05) is 0 Å². The van der Waals surface area contributed by atoms with Crippen LogP contribution in [0.15, 0.2) is 12.3 Å². The quantitative estimate of drug-likeness (QED) is 0.917. The third kappa shape index (κ3) is 3.39. The van der Waals surface area contributed by atoms with Gasteiger partial charge in [0.25, 0.3) is 0 Å². The van der Waals surface area contributed by atoms with Crippen LogP contribution in [0.3, 0.4) is 0 Å². The molecule has 2 heterocycles. The van der Waals surface area contributed by atoms with E-state index in [9.17, 15) is 4.39 Å². The number of hydrogen-bond acceptors (Lipinski definition) is 4. The van der Waals surface area contributed by atoms with Crippen molar-refractivity contribution < 1.29 is 4.39 Å². The van der Waals surface area contributed by atoms with E-state index in [0.29, 0.717) is 18.4 Å². The number of pyridine rings is 1. The largest absolute Gasteiger partial charge is 0.353 e. The number of nitrogens with one attached hydrogen (secondary N) is 1. The van der Waals surface area contributed by atoms with Gasteiger partial charge in [0.05, 0.1) is 0 Å². The molecule has 0 atom stereocenters. The van der Waals surface area contributed by atoms with Gasteiger partial charge in [-0.3, -0.25) is 0 Å². The van der Waals surface area contributed by atoms with Crippen LogP contribution < -0.4 is 10.2 Å². The molecule has 2 fully saturated rings. The molecule has 1 aromatic heterocycles. The van der Waals surface area contributed by atoms with E-state index in [1.807, 2.05) is 11.8 Å². The van der Waals surface area contributed by atoms with Gasteiger partial charge in [0, 0.05) is 43.2 Å². The van der Waals surface area contributed by atoms with E-state index in [4.69, 9.17) is 0 Å². The van der Waals surface area contributed by atoms with Crippen molar-refractivity contribution in [1.82, 2.24) is 10.3 Å². The topological polar surface area (TPSA) is 28.2 Å². The molecule has 0 aromatic carbocycles. The van der Waals surface area contributed by atoms with Crippen molar-refractivity contribution in [3.63, 3.8) is 0 Å². The third-order valence-corrected chi connectivity index (χ3v) is 4.68. The fourth-order valence-electron chi connectivity index (χ4n) is 2.33. The summed E-state index contributed by atoms with van der Waals surface area (Å²) in [5, 5.41) is 3.37. The monoisotopic (exact) mass is 281 g/mol. The van der Waals surface area contributed by atoms with Crippen molar-refractivity contribution in [2.24, 2.45) is 0 Å². The SMILES string of the molecule is Fc1c(CNC2CC2)ccnc1N1CCCSCC1. The van der Waals surface area contributed by atoms with E-state index in [1.165, 1.54) is 18.6 Å². The molecule has 3 rings (SSSR count). The third-order valence-electron chi connectivity index (χ3n) is 3.63. The maximum atomic E-state index is 14.5. The lowest BCUT2D eigenvalue weighted by atomic mass is 10.2. The Labute approximate surface area is 118 Å². The van der Waals surface area contributed by atoms with Gasteiger partial charge in [0.1, 0.15) is 0 Å². The fraction of sp³-hybridized carbons (Fsp3) is 0.643. The Morgan fingerprint density at radius 1 is 1.37 bits per heavy atom. The first-order chi connectivity index (χ1) is 9.34. The van der Waals surface area contributed by atoms with Crippen LogP contribution >= 0.6 is 11.8 Å². The van der Waals surface area contributed by atoms with Gasteiger partial charge in [0.15, 0.2) is 11.6 Å². The van der Waals surface area contributed by atoms with Crippen LogP contribution in [0.1, 0.15) is 24.8 Å². The molecular formula is C14H20FN3S. The molecule has 1 saturated carbocycles. The van der Waals surface area contributed by atoms with Crippen molar-refractivity contribution in [3.05, 3.63) is 23.6 Å². The molecule has 5 heteroatoms. The zero-order valence-corrected chi connectivity index (χ0v) is 11.9.